The van der Waals surface area contributed by atoms with Gasteiger partial charge in [0.15, 0.2) is 0 Å². The number of nitrogens with two attached hydrogens (primary N) is 1. The first-order valence-corrected chi connectivity index (χ1v) is 12.2. The molecule has 2 aromatic rings. The van der Waals surface area contributed by atoms with Gasteiger partial charge in [-0.1, -0.05) is 34.4 Å². The summed E-state index contributed by atoms with van der Waals surface area (Å²) < 4.78 is 10.8. The van der Waals surface area contributed by atoms with Crippen LogP contribution < -0.4 is 5.32 Å². The number of carbonyl (C=O) groups excluding carboxylic acids is 2. The quantitative estimate of drug-likeness (QED) is 0.328. The van der Waals surface area contributed by atoms with Crippen LogP contribution in [0.4, 0.5) is 0 Å². The van der Waals surface area contributed by atoms with Crippen LogP contribution in [0, 0.1) is 27.7 Å². The van der Waals surface area contributed by atoms with Crippen LogP contribution in [-0.2, 0) is 9.47 Å². The summed E-state index contributed by atoms with van der Waals surface area (Å²) in [5, 5.41) is 2.34. The third-order valence-electron chi connectivity index (χ3n) is 5.49. The van der Waals surface area contributed by atoms with Gasteiger partial charge in [0.2, 0.25) is 0 Å². The van der Waals surface area contributed by atoms with Gasteiger partial charge in [0, 0.05) is 0 Å². The Bertz CT molecular complexity index is 793. The Morgan fingerprint density at radius 1 is 0.576 bits per heavy atom. The van der Waals surface area contributed by atoms with Gasteiger partial charge in [0.1, 0.15) is 0 Å². The van der Waals surface area contributed by atoms with Crippen LogP contribution in [0.5, 0.6) is 0 Å². The standard InChI is InChI=1S/C28H39NO4/c1-21-15-22(2)18-25(17-21)27(30)32-13-9-5-7-11-29-12-8-6-10-14-33-28(31)26-19-23(3)16-24(4)20-26/h15-20,29H,5-14H2,1-4H3/p+1. The van der Waals surface area contributed by atoms with Crippen LogP contribution in [0.1, 0.15) is 81.5 Å². The molecule has 0 fully saturated rings. The highest BCUT2D eigenvalue weighted by molar-refractivity contribution is 5.90. The molecule has 0 aliphatic carbocycles. The van der Waals surface area contributed by atoms with Crippen LogP contribution in [0.25, 0.3) is 0 Å². The van der Waals surface area contributed by atoms with Gasteiger partial charge in [-0.05, 0) is 90.5 Å². The molecule has 0 spiro atoms. The van der Waals surface area contributed by atoms with Gasteiger partial charge in [-0.2, -0.15) is 0 Å². The Hall–Kier alpha value is -2.66. The maximum Gasteiger partial charge on any atom is 0.338 e. The summed E-state index contributed by atoms with van der Waals surface area (Å²) in [4.78, 5) is 24.2. The number of carbonyl (C=O) groups is 2. The van der Waals surface area contributed by atoms with Gasteiger partial charge >= 0.3 is 11.9 Å². The van der Waals surface area contributed by atoms with Crippen molar-refractivity contribution in [1.82, 2.24) is 0 Å². The Morgan fingerprint density at radius 2 is 0.939 bits per heavy atom. The Balaban J connectivity index is 1.41. The van der Waals surface area contributed by atoms with Crippen molar-refractivity contribution < 1.29 is 24.4 Å². The molecule has 0 heterocycles. The number of hydrogen-bond acceptors (Lipinski definition) is 4. The number of unbranched alkanes of at least 4 members (excludes halogenated alkanes) is 4. The number of quaternary nitrogens is 1. The van der Waals surface area contributed by atoms with E-state index in [1.807, 2.05) is 52.0 Å². The molecule has 0 saturated carbocycles. The minimum Gasteiger partial charge on any atom is -0.462 e. The lowest BCUT2D eigenvalue weighted by molar-refractivity contribution is -0.655. The molecule has 2 N–H and O–H groups in total. The summed E-state index contributed by atoms with van der Waals surface area (Å²) in [6, 6.07) is 11.6. The molecular formula is C28H40NO4+. The summed E-state index contributed by atoms with van der Waals surface area (Å²) in [6.45, 7) is 11.1. The SMILES string of the molecule is Cc1cc(C)cc(C(=O)OCCCCC[NH2+]CCCCCOC(=O)c2cc(C)cc(C)c2)c1. The minimum atomic E-state index is -0.229. The zero-order valence-corrected chi connectivity index (χ0v) is 20.7. The van der Waals surface area contributed by atoms with E-state index in [4.69, 9.17) is 9.47 Å². The lowest BCUT2D eigenvalue weighted by Gasteiger charge is -2.07. The molecule has 0 bridgehead atoms. The molecule has 2 rings (SSSR count). The van der Waals surface area contributed by atoms with Crippen molar-refractivity contribution in [3.05, 3.63) is 69.8 Å². The molecule has 33 heavy (non-hydrogen) atoms. The third kappa shape index (κ3) is 10.7. The van der Waals surface area contributed by atoms with E-state index in [1.165, 1.54) is 0 Å². The average Bonchev–Trinajstić information content (AvgIpc) is 2.75. The van der Waals surface area contributed by atoms with Crippen molar-refractivity contribution in [3.63, 3.8) is 0 Å². The van der Waals surface area contributed by atoms with E-state index in [2.05, 4.69) is 17.4 Å². The number of rotatable bonds is 14. The molecule has 0 aromatic heterocycles. The number of esters is 2. The second kappa shape index (κ2) is 14.5. The lowest BCUT2D eigenvalue weighted by atomic mass is 10.1. The second-order valence-electron chi connectivity index (χ2n) is 9.01. The highest BCUT2D eigenvalue weighted by atomic mass is 16.5. The van der Waals surface area contributed by atoms with Crippen LogP contribution >= 0.6 is 0 Å². The monoisotopic (exact) mass is 454 g/mol. The van der Waals surface area contributed by atoms with Crippen LogP contribution in [-0.4, -0.2) is 38.2 Å². The Morgan fingerprint density at radius 3 is 1.30 bits per heavy atom. The molecule has 0 atom stereocenters. The van der Waals surface area contributed by atoms with E-state index >= 15 is 0 Å². The lowest BCUT2D eigenvalue weighted by Crippen LogP contribution is -2.84. The summed E-state index contributed by atoms with van der Waals surface area (Å²) in [7, 11) is 0. The molecule has 0 saturated heterocycles. The normalized spacial score (nSPS) is 10.8. The molecule has 5 nitrogen and oxygen atoms in total. The van der Waals surface area contributed by atoms with Gasteiger partial charge in [-0.3, -0.25) is 0 Å². The van der Waals surface area contributed by atoms with Gasteiger partial charge in [0.05, 0.1) is 37.4 Å². The maximum absolute atomic E-state index is 12.1. The topological polar surface area (TPSA) is 69.2 Å². The number of ether oxygens (including phenoxy) is 2. The molecule has 180 valence electrons. The predicted molar refractivity (Wildman–Crippen MR) is 132 cm³/mol. The van der Waals surface area contributed by atoms with Crippen molar-refractivity contribution >= 4 is 11.9 Å². The predicted octanol–water partition coefficient (Wildman–Crippen LogP) is 4.84. The van der Waals surface area contributed by atoms with E-state index in [9.17, 15) is 9.59 Å². The van der Waals surface area contributed by atoms with E-state index < -0.39 is 0 Å². The largest absolute Gasteiger partial charge is 0.462 e. The summed E-state index contributed by atoms with van der Waals surface area (Å²) in [6.07, 6.45) is 6.16. The highest BCUT2D eigenvalue weighted by Gasteiger charge is 2.09. The average molecular weight is 455 g/mol. The molecule has 0 aliphatic rings. The number of benzene rings is 2. The fourth-order valence-corrected chi connectivity index (χ4v) is 3.96. The second-order valence-corrected chi connectivity index (χ2v) is 9.01. The zero-order chi connectivity index (χ0) is 24.1. The van der Waals surface area contributed by atoms with Crippen molar-refractivity contribution in [1.29, 1.82) is 0 Å². The van der Waals surface area contributed by atoms with Crippen LogP contribution in [0.2, 0.25) is 0 Å². The molecule has 0 unspecified atom stereocenters. The third-order valence-corrected chi connectivity index (χ3v) is 5.49. The van der Waals surface area contributed by atoms with Gasteiger partial charge in [-0.15, -0.1) is 0 Å². The van der Waals surface area contributed by atoms with E-state index in [0.29, 0.717) is 24.3 Å². The first-order valence-electron chi connectivity index (χ1n) is 12.2. The van der Waals surface area contributed by atoms with Crippen molar-refractivity contribution in [2.75, 3.05) is 26.3 Å². The highest BCUT2D eigenvalue weighted by Crippen LogP contribution is 2.11. The van der Waals surface area contributed by atoms with Gasteiger partial charge in [0.25, 0.3) is 0 Å². The minimum absolute atomic E-state index is 0.229. The van der Waals surface area contributed by atoms with Gasteiger partial charge in [-0.25, -0.2) is 9.59 Å². The van der Waals surface area contributed by atoms with Gasteiger partial charge < -0.3 is 14.8 Å². The molecule has 0 radical (unpaired) electrons. The zero-order valence-electron chi connectivity index (χ0n) is 20.7. The first-order chi connectivity index (χ1) is 15.8. The van der Waals surface area contributed by atoms with Crippen LogP contribution in [0.15, 0.2) is 36.4 Å². The van der Waals surface area contributed by atoms with E-state index in [0.717, 1.165) is 73.9 Å². The maximum atomic E-state index is 12.1. The van der Waals surface area contributed by atoms with Crippen molar-refractivity contribution in [2.24, 2.45) is 0 Å². The number of hydrogen-bond donors (Lipinski definition) is 1. The van der Waals surface area contributed by atoms with Crippen molar-refractivity contribution in [3.8, 4) is 0 Å². The summed E-state index contributed by atoms with van der Waals surface area (Å²) >= 11 is 0. The molecular weight excluding hydrogens is 414 g/mol. The smallest absolute Gasteiger partial charge is 0.338 e. The first kappa shape index (κ1) is 26.6. The molecule has 5 heteroatoms. The molecule has 0 aliphatic heterocycles. The fraction of sp³-hybridized carbons (Fsp3) is 0.500. The van der Waals surface area contributed by atoms with Crippen molar-refractivity contribution in [2.45, 2.75) is 66.2 Å². The van der Waals surface area contributed by atoms with E-state index in [-0.39, 0.29) is 11.9 Å². The van der Waals surface area contributed by atoms with E-state index in [1.54, 1.807) is 0 Å². The molecule has 2 aromatic carbocycles. The molecule has 0 amide bonds. The summed E-state index contributed by atoms with van der Waals surface area (Å²) in [5.74, 6) is -0.457. The Kier molecular flexibility index (Phi) is 11.7. The van der Waals surface area contributed by atoms with Crippen LogP contribution in [0.3, 0.4) is 0 Å². The summed E-state index contributed by atoms with van der Waals surface area (Å²) in [5.41, 5.74) is 5.60. The Labute approximate surface area is 198 Å². The fourth-order valence-electron chi connectivity index (χ4n) is 3.96. The number of aryl methyl sites for hydroxylation is 4.